The normalized spacial score (nSPS) is 18.4. The van der Waals surface area contributed by atoms with E-state index in [9.17, 15) is 22.0 Å². The molecule has 0 N–H and O–H groups in total. The van der Waals surface area contributed by atoms with E-state index in [1.807, 2.05) is 0 Å². The van der Waals surface area contributed by atoms with Gasteiger partial charge in [-0.15, -0.1) is 10.2 Å². The van der Waals surface area contributed by atoms with E-state index in [1.165, 1.54) is 24.3 Å². The Morgan fingerprint density at radius 3 is 2.56 bits per heavy atom. The van der Waals surface area contributed by atoms with E-state index in [0.29, 0.717) is 10.1 Å². The molecule has 1 saturated carbocycles. The van der Waals surface area contributed by atoms with Crippen LogP contribution in [0.4, 0.5) is 22.0 Å². The zero-order valence-corrected chi connectivity index (χ0v) is 14.2. The molecule has 27 heavy (non-hydrogen) atoms. The summed E-state index contributed by atoms with van der Waals surface area (Å²) in [5.41, 5.74) is 0.763. The maximum absolute atomic E-state index is 12.9. The molecule has 10 heteroatoms. The zero-order valence-electron chi connectivity index (χ0n) is 14.2. The van der Waals surface area contributed by atoms with Crippen LogP contribution in [0.15, 0.2) is 42.7 Å². The van der Waals surface area contributed by atoms with Gasteiger partial charge in [-0.2, -0.15) is 22.8 Å². The molecule has 0 saturated heterocycles. The third-order valence-electron chi connectivity index (χ3n) is 3.97. The van der Waals surface area contributed by atoms with Gasteiger partial charge in [-0.05, 0) is 36.8 Å². The van der Waals surface area contributed by atoms with E-state index >= 15 is 0 Å². The Hall–Kier alpha value is -2.78. The molecule has 0 spiro atoms. The Balaban J connectivity index is 1.81. The molecule has 1 fully saturated rings. The van der Waals surface area contributed by atoms with E-state index in [1.54, 1.807) is 13.0 Å². The Labute approximate surface area is 150 Å². The van der Waals surface area contributed by atoms with Gasteiger partial charge in [-0.25, -0.2) is 8.78 Å². The molecule has 144 valence electrons. The lowest BCUT2D eigenvalue weighted by Crippen LogP contribution is -2.41. The minimum absolute atomic E-state index is 0.0320. The maximum atomic E-state index is 12.9. The molecule has 2 heterocycles. The van der Waals surface area contributed by atoms with Crippen LogP contribution in [0, 0.1) is 0 Å². The molecule has 1 aliphatic carbocycles. The summed E-state index contributed by atoms with van der Waals surface area (Å²) in [6.45, 7) is 5.20. The number of nitrogens with zero attached hydrogens (tertiary/aromatic N) is 4. The van der Waals surface area contributed by atoms with Gasteiger partial charge in [0, 0.05) is 12.8 Å². The van der Waals surface area contributed by atoms with Crippen molar-refractivity contribution in [3.63, 3.8) is 0 Å². The minimum Gasteiger partial charge on any atom is -0.490 e. The second-order valence-corrected chi connectivity index (χ2v) is 6.14. The zero-order chi connectivity index (χ0) is 19.8. The standard InChI is InChI=1S/C17H15F5N4O/c1-3-11(27-12-8-16(18,19)9-12)5-4-10(2)13-6-7-14-23-24-15(17(20,21)22)26(14)25-13/h3-7,12H,1,8-9H2,2H3/b10-4+,11-5+. The lowest BCUT2D eigenvalue weighted by Gasteiger charge is -2.35. The van der Waals surface area contributed by atoms with Gasteiger partial charge in [-0.3, -0.25) is 0 Å². The summed E-state index contributed by atoms with van der Waals surface area (Å²) in [5.74, 6) is -3.63. The third kappa shape index (κ3) is 4.15. The van der Waals surface area contributed by atoms with Crippen LogP contribution in [0.1, 0.15) is 31.3 Å². The summed E-state index contributed by atoms with van der Waals surface area (Å²) in [6, 6.07) is 2.87. The van der Waals surface area contributed by atoms with Crippen LogP contribution in [0.3, 0.4) is 0 Å². The minimum atomic E-state index is -4.68. The molecule has 5 nitrogen and oxygen atoms in total. The molecule has 2 aromatic heterocycles. The van der Waals surface area contributed by atoms with Crippen molar-refractivity contribution >= 4 is 11.2 Å². The molecule has 2 aromatic rings. The van der Waals surface area contributed by atoms with Crippen LogP contribution in [0.2, 0.25) is 0 Å². The number of alkyl halides is 5. The molecule has 0 aromatic carbocycles. The molecule has 0 atom stereocenters. The highest BCUT2D eigenvalue weighted by Crippen LogP contribution is 2.40. The van der Waals surface area contributed by atoms with Crippen LogP contribution in [-0.4, -0.2) is 31.8 Å². The van der Waals surface area contributed by atoms with Crippen LogP contribution >= 0.6 is 0 Å². The third-order valence-corrected chi connectivity index (χ3v) is 3.97. The molecule has 3 rings (SSSR count). The Kier molecular flexibility index (Phi) is 4.75. The van der Waals surface area contributed by atoms with E-state index in [-0.39, 0.29) is 29.9 Å². The van der Waals surface area contributed by atoms with Crippen molar-refractivity contribution in [2.45, 2.75) is 38.0 Å². The topological polar surface area (TPSA) is 52.3 Å². The SMILES string of the molecule is C=C/C(=C\C=C(/C)c1ccc2nnc(C(F)(F)F)n2n1)OC1CC(F)(F)C1. The fourth-order valence-corrected chi connectivity index (χ4v) is 2.51. The largest absolute Gasteiger partial charge is 0.490 e. The van der Waals surface area contributed by atoms with Gasteiger partial charge in [0.05, 0.1) is 5.69 Å². The molecule has 0 aliphatic heterocycles. The Morgan fingerprint density at radius 2 is 1.96 bits per heavy atom. The first kappa shape index (κ1) is 19.0. The van der Waals surface area contributed by atoms with Gasteiger partial charge in [0.1, 0.15) is 11.9 Å². The quantitative estimate of drug-likeness (QED) is 0.433. The van der Waals surface area contributed by atoms with Gasteiger partial charge < -0.3 is 4.74 Å². The summed E-state index contributed by atoms with van der Waals surface area (Å²) in [4.78, 5) is 0. The Bertz CT molecular complexity index is 921. The van der Waals surface area contributed by atoms with Crippen molar-refractivity contribution in [2.75, 3.05) is 0 Å². The number of aromatic nitrogens is 4. The first-order chi connectivity index (χ1) is 12.6. The molecule has 0 amide bonds. The second kappa shape index (κ2) is 6.75. The number of allylic oxidation sites excluding steroid dienone is 4. The summed E-state index contributed by atoms with van der Waals surface area (Å²) in [5, 5.41) is 10.5. The fraction of sp³-hybridized carbons (Fsp3) is 0.353. The van der Waals surface area contributed by atoms with E-state index in [4.69, 9.17) is 4.74 Å². The molecular weight excluding hydrogens is 371 g/mol. The summed E-state index contributed by atoms with van der Waals surface area (Å²) >= 11 is 0. The Morgan fingerprint density at radius 1 is 1.26 bits per heavy atom. The highest BCUT2D eigenvalue weighted by atomic mass is 19.4. The molecule has 1 aliphatic rings. The number of ether oxygens (including phenoxy) is 1. The smallest absolute Gasteiger partial charge is 0.453 e. The maximum Gasteiger partial charge on any atom is 0.453 e. The van der Waals surface area contributed by atoms with Crippen molar-refractivity contribution < 1.29 is 26.7 Å². The fourth-order valence-electron chi connectivity index (χ4n) is 2.51. The average Bonchev–Trinajstić information content (AvgIpc) is 2.99. The summed E-state index contributed by atoms with van der Waals surface area (Å²) < 4.78 is 70.5. The first-order valence-corrected chi connectivity index (χ1v) is 7.94. The predicted molar refractivity (Wildman–Crippen MR) is 86.8 cm³/mol. The van der Waals surface area contributed by atoms with Crippen LogP contribution < -0.4 is 0 Å². The van der Waals surface area contributed by atoms with Crippen molar-refractivity contribution in [1.82, 2.24) is 19.8 Å². The highest BCUT2D eigenvalue weighted by molar-refractivity contribution is 5.63. The van der Waals surface area contributed by atoms with Crippen molar-refractivity contribution in [2.24, 2.45) is 0 Å². The van der Waals surface area contributed by atoms with Crippen molar-refractivity contribution in [1.29, 1.82) is 0 Å². The molecule has 0 bridgehead atoms. The van der Waals surface area contributed by atoms with E-state index in [0.717, 1.165) is 0 Å². The van der Waals surface area contributed by atoms with Gasteiger partial charge in [0.2, 0.25) is 0 Å². The number of fused-ring (bicyclic) bond motifs is 1. The lowest BCUT2D eigenvalue weighted by atomic mass is 9.91. The van der Waals surface area contributed by atoms with Gasteiger partial charge in [0.15, 0.2) is 5.65 Å². The number of rotatable bonds is 5. The number of hydrogen-bond donors (Lipinski definition) is 0. The highest BCUT2D eigenvalue weighted by Gasteiger charge is 2.47. The summed E-state index contributed by atoms with van der Waals surface area (Å²) in [7, 11) is 0. The second-order valence-electron chi connectivity index (χ2n) is 6.14. The number of hydrogen-bond acceptors (Lipinski definition) is 4. The van der Waals surface area contributed by atoms with Crippen LogP contribution in [0.5, 0.6) is 0 Å². The van der Waals surface area contributed by atoms with Crippen molar-refractivity contribution in [3.05, 3.63) is 54.2 Å². The average molecular weight is 386 g/mol. The van der Waals surface area contributed by atoms with Crippen LogP contribution in [-0.2, 0) is 10.9 Å². The van der Waals surface area contributed by atoms with Gasteiger partial charge >= 0.3 is 6.18 Å². The summed E-state index contributed by atoms with van der Waals surface area (Å²) in [6.07, 6.45) is -1.55. The first-order valence-electron chi connectivity index (χ1n) is 7.94. The van der Waals surface area contributed by atoms with Gasteiger partial charge in [0.25, 0.3) is 11.7 Å². The monoisotopic (exact) mass is 386 g/mol. The molecule has 0 radical (unpaired) electrons. The molecule has 0 unspecified atom stereocenters. The molecular formula is C17H15F5N4O. The van der Waals surface area contributed by atoms with Gasteiger partial charge in [-0.1, -0.05) is 12.7 Å². The number of halogens is 5. The van der Waals surface area contributed by atoms with Crippen molar-refractivity contribution in [3.8, 4) is 0 Å². The lowest BCUT2D eigenvalue weighted by molar-refractivity contribution is -0.150. The predicted octanol–water partition coefficient (Wildman–Crippen LogP) is 4.43. The van der Waals surface area contributed by atoms with Crippen LogP contribution in [0.25, 0.3) is 11.2 Å². The van der Waals surface area contributed by atoms with E-state index < -0.39 is 24.0 Å². The van der Waals surface area contributed by atoms with E-state index in [2.05, 4.69) is 21.9 Å².